The number of hydrogen-bond acceptors (Lipinski definition) is 5. The third-order valence-electron chi connectivity index (χ3n) is 7.14. The third-order valence-corrected chi connectivity index (χ3v) is 7.14. The fourth-order valence-electron chi connectivity index (χ4n) is 6.17. The predicted octanol–water partition coefficient (Wildman–Crippen LogP) is 3.39. The zero-order valence-corrected chi connectivity index (χ0v) is 16.0. The van der Waals surface area contributed by atoms with Gasteiger partial charge >= 0.3 is 5.97 Å². The van der Waals surface area contributed by atoms with Gasteiger partial charge in [0.2, 0.25) is 0 Å². The molecule has 4 aliphatic rings. The normalized spacial score (nSPS) is 32.7. The van der Waals surface area contributed by atoms with Crippen LogP contribution >= 0.6 is 0 Å². The summed E-state index contributed by atoms with van der Waals surface area (Å²) < 4.78 is 0. The lowest BCUT2D eigenvalue weighted by molar-refractivity contribution is -0.131. The number of phenolic OH excluding ortho intramolecular Hbond substituents is 1. The van der Waals surface area contributed by atoms with Crippen molar-refractivity contribution in [1.29, 1.82) is 0 Å². The molecule has 4 fully saturated rings. The number of nitrogens with zero attached hydrogens (tertiary/aromatic N) is 2. The van der Waals surface area contributed by atoms with Crippen molar-refractivity contribution in [1.82, 2.24) is 9.97 Å². The Kier molecular flexibility index (Phi) is 4.21. The lowest BCUT2D eigenvalue weighted by atomic mass is 9.47. The second-order valence-electron chi connectivity index (χ2n) is 8.98. The third kappa shape index (κ3) is 3.12. The second-order valence-corrected chi connectivity index (χ2v) is 8.98. The van der Waals surface area contributed by atoms with E-state index in [1.807, 2.05) is 12.1 Å². The zero-order chi connectivity index (χ0) is 20.2. The zero-order valence-electron chi connectivity index (χ0n) is 16.0. The van der Waals surface area contributed by atoms with Crippen molar-refractivity contribution >= 4 is 12.0 Å². The van der Waals surface area contributed by atoms with Crippen LogP contribution < -0.4 is 0 Å². The molecule has 4 bridgehead atoms. The summed E-state index contributed by atoms with van der Waals surface area (Å²) in [6, 6.07) is 5.55. The van der Waals surface area contributed by atoms with E-state index in [0.717, 1.165) is 49.3 Å². The molecule has 1 aromatic heterocycles. The van der Waals surface area contributed by atoms with Crippen molar-refractivity contribution in [3.63, 3.8) is 0 Å². The second kappa shape index (κ2) is 6.66. The molecule has 4 aliphatic carbocycles. The molecule has 3 N–H and O–H groups in total. The monoisotopic (exact) mass is 392 g/mol. The van der Waals surface area contributed by atoms with E-state index < -0.39 is 5.97 Å². The Bertz CT molecular complexity index is 969. The van der Waals surface area contributed by atoms with Crippen LogP contribution in [0.25, 0.3) is 17.5 Å². The first-order chi connectivity index (χ1) is 13.9. The molecule has 4 saturated carbocycles. The average molecular weight is 392 g/mol. The van der Waals surface area contributed by atoms with Gasteiger partial charge < -0.3 is 15.3 Å². The Morgan fingerprint density at radius 2 is 1.79 bits per heavy atom. The number of aliphatic hydroxyl groups is 1. The van der Waals surface area contributed by atoms with Gasteiger partial charge in [0.15, 0.2) is 5.82 Å². The van der Waals surface area contributed by atoms with Gasteiger partial charge in [0.1, 0.15) is 5.75 Å². The van der Waals surface area contributed by atoms with Gasteiger partial charge in [-0.25, -0.2) is 14.8 Å². The highest BCUT2D eigenvalue weighted by Crippen LogP contribution is 2.62. The lowest BCUT2D eigenvalue weighted by Crippen LogP contribution is -2.55. The molecule has 2 atom stereocenters. The van der Waals surface area contributed by atoms with Gasteiger partial charge in [-0.2, -0.15) is 0 Å². The fraction of sp³-hybridized carbons (Fsp3) is 0.435. The Morgan fingerprint density at radius 1 is 1.10 bits per heavy atom. The van der Waals surface area contributed by atoms with Gasteiger partial charge in [0.25, 0.3) is 0 Å². The highest BCUT2D eigenvalue weighted by atomic mass is 16.4. The van der Waals surface area contributed by atoms with Crippen LogP contribution in [0.15, 0.2) is 36.7 Å². The number of benzene rings is 1. The van der Waals surface area contributed by atoms with Crippen LogP contribution in [0.2, 0.25) is 0 Å². The van der Waals surface area contributed by atoms with Gasteiger partial charge in [-0.1, -0.05) is 0 Å². The predicted molar refractivity (Wildman–Crippen MR) is 107 cm³/mol. The maximum absolute atomic E-state index is 10.7. The molecule has 0 aliphatic heterocycles. The van der Waals surface area contributed by atoms with E-state index in [4.69, 9.17) is 5.11 Å². The average Bonchev–Trinajstić information content (AvgIpc) is 2.70. The first kappa shape index (κ1) is 18.3. The summed E-state index contributed by atoms with van der Waals surface area (Å²) >= 11 is 0. The number of aromatic nitrogens is 2. The number of aromatic hydroxyl groups is 1. The largest absolute Gasteiger partial charge is 0.508 e. The molecule has 1 aromatic carbocycles. The maximum Gasteiger partial charge on any atom is 0.328 e. The maximum atomic E-state index is 10.7. The van der Waals surface area contributed by atoms with Gasteiger partial charge in [-0.15, -0.1) is 0 Å². The molecule has 0 saturated heterocycles. The molecule has 6 nitrogen and oxygen atoms in total. The summed E-state index contributed by atoms with van der Waals surface area (Å²) in [7, 11) is 0. The summed E-state index contributed by atoms with van der Waals surface area (Å²) in [5.74, 6) is 1.14. The van der Waals surface area contributed by atoms with Crippen LogP contribution in [0.3, 0.4) is 0 Å². The van der Waals surface area contributed by atoms with E-state index in [1.165, 1.54) is 6.08 Å². The molecule has 6 heteroatoms. The van der Waals surface area contributed by atoms with Crippen LogP contribution in [0.4, 0.5) is 0 Å². The van der Waals surface area contributed by atoms with Crippen LogP contribution in [-0.2, 0) is 10.2 Å². The van der Waals surface area contributed by atoms with Crippen molar-refractivity contribution in [2.45, 2.75) is 43.6 Å². The number of aliphatic hydroxyl groups excluding tert-OH is 1. The first-order valence-electron chi connectivity index (χ1n) is 10.2. The van der Waals surface area contributed by atoms with E-state index in [2.05, 4.69) is 9.97 Å². The standard InChI is InChI=1S/C23H24N2O4/c26-19-3-2-15(22-24-11-13(12-25-22)1-4-20(27)28)7-18(19)23-8-14-5-16(9-23)21(29)17(6-14)10-23/h1-4,7,11-12,14,16-17,21,26,29H,5-6,8-10H2,(H,27,28). The van der Waals surface area contributed by atoms with Gasteiger partial charge in [-0.3, -0.25) is 0 Å². The summed E-state index contributed by atoms with van der Waals surface area (Å²) in [5, 5.41) is 30.0. The summed E-state index contributed by atoms with van der Waals surface area (Å²) in [6.45, 7) is 0. The molecule has 2 aromatic rings. The molecular weight excluding hydrogens is 368 g/mol. The smallest absolute Gasteiger partial charge is 0.328 e. The van der Waals surface area contributed by atoms with Crippen LogP contribution in [0.5, 0.6) is 5.75 Å². The molecule has 2 unspecified atom stereocenters. The van der Waals surface area contributed by atoms with E-state index in [0.29, 0.717) is 34.9 Å². The Hall–Kier alpha value is -2.73. The molecule has 1 heterocycles. The minimum absolute atomic E-state index is 0.0695. The van der Waals surface area contributed by atoms with E-state index in [1.54, 1.807) is 18.5 Å². The van der Waals surface area contributed by atoms with Crippen molar-refractivity contribution < 1.29 is 20.1 Å². The van der Waals surface area contributed by atoms with Crippen molar-refractivity contribution in [2.24, 2.45) is 17.8 Å². The van der Waals surface area contributed by atoms with E-state index >= 15 is 0 Å². The number of aliphatic carboxylic acids is 1. The topological polar surface area (TPSA) is 104 Å². The van der Waals surface area contributed by atoms with Crippen molar-refractivity contribution in [3.8, 4) is 17.1 Å². The molecule has 0 amide bonds. The lowest BCUT2D eigenvalue weighted by Gasteiger charge is -2.59. The van der Waals surface area contributed by atoms with Crippen molar-refractivity contribution in [2.75, 3.05) is 0 Å². The molecular formula is C23H24N2O4. The number of carbonyl (C=O) groups is 1. The Balaban J connectivity index is 1.48. The van der Waals surface area contributed by atoms with Crippen LogP contribution in [-0.4, -0.2) is 37.4 Å². The highest BCUT2D eigenvalue weighted by Gasteiger charge is 2.56. The quantitative estimate of drug-likeness (QED) is 0.689. The highest BCUT2D eigenvalue weighted by molar-refractivity contribution is 5.85. The van der Waals surface area contributed by atoms with E-state index in [-0.39, 0.29) is 11.5 Å². The van der Waals surface area contributed by atoms with E-state index in [9.17, 15) is 15.0 Å². The minimum atomic E-state index is -1.02. The van der Waals surface area contributed by atoms with Crippen LogP contribution in [0.1, 0.15) is 43.2 Å². The molecule has 150 valence electrons. The Labute approximate surface area is 169 Å². The van der Waals surface area contributed by atoms with Gasteiger partial charge in [0, 0.05) is 35.2 Å². The molecule has 0 spiro atoms. The van der Waals surface area contributed by atoms with Crippen LogP contribution in [0, 0.1) is 17.8 Å². The number of rotatable bonds is 4. The molecule has 6 rings (SSSR count). The molecule has 0 radical (unpaired) electrons. The van der Waals surface area contributed by atoms with Crippen molar-refractivity contribution in [3.05, 3.63) is 47.8 Å². The first-order valence-corrected chi connectivity index (χ1v) is 10.2. The van der Waals surface area contributed by atoms with Gasteiger partial charge in [-0.05, 0) is 79.5 Å². The summed E-state index contributed by atoms with van der Waals surface area (Å²) in [5.41, 5.74) is 2.34. The summed E-state index contributed by atoms with van der Waals surface area (Å²) in [4.78, 5) is 19.4. The number of carboxylic acids is 1. The summed E-state index contributed by atoms with van der Waals surface area (Å²) in [6.07, 6.45) is 10.6. The Morgan fingerprint density at radius 3 is 2.45 bits per heavy atom. The fourth-order valence-corrected chi connectivity index (χ4v) is 6.17. The number of phenols is 1. The number of hydrogen-bond donors (Lipinski definition) is 3. The molecule has 29 heavy (non-hydrogen) atoms. The SMILES string of the molecule is O=C(O)C=Cc1cnc(-c2ccc(O)c(C34CC5CC(C3)C(O)C(C5)C4)c2)nc1. The van der Waals surface area contributed by atoms with Gasteiger partial charge in [0.05, 0.1) is 6.10 Å². The minimum Gasteiger partial charge on any atom is -0.508 e. The number of carboxylic acid groups (broad SMARTS) is 1.